The molecular formula is C21H27N3O2S. The van der Waals surface area contributed by atoms with E-state index in [0.29, 0.717) is 12.6 Å². The maximum absolute atomic E-state index is 12.5. The number of amides is 2. The van der Waals surface area contributed by atoms with Crippen LogP contribution < -0.4 is 10.1 Å². The lowest BCUT2D eigenvalue weighted by molar-refractivity contribution is 0.108. The zero-order valence-corrected chi connectivity index (χ0v) is 16.6. The fraction of sp³-hybridized carbons (Fsp3) is 0.476. The minimum Gasteiger partial charge on any atom is -0.497 e. The molecule has 0 spiro atoms. The van der Waals surface area contributed by atoms with Crippen LogP contribution in [0.5, 0.6) is 5.75 Å². The first-order chi connectivity index (χ1) is 13.2. The molecule has 0 atom stereocenters. The molecule has 4 rings (SSSR count). The summed E-state index contributed by atoms with van der Waals surface area (Å²) < 4.78 is 5.17. The number of carbonyl (C=O) groups is 1. The van der Waals surface area contributed by atoms with Crippen LogP contribution in [0.3, 0.4) is 0 Å². The topological polar surface area (TPSA) is 44.8 Å². The summed E-state index contributed by atoms with van der Waals surface area (Å²) >= 11 is 1.89. The molecule has 1 N–H and O–H groups in total. The normalized spacial score (nSPS) is 18.2. The Morgan fingerprint density at radius 2 is 1.96 bits per heavy atom. The van der Waals surface area contributed by atoms with Crippen LogP contribution in [-0.4, -0.2) is 48.6 Å². The van der Waals surface area contributed by atoms with Crippen molar-refractivity contribution in [2.75, 3.05) is 26.7 Å². The monoisotopic (exact) mass is 385 g/mol. The van der Waals surface area contributed by atoms with E-state index in [1.165, 1.54) is 12.0 Å². The molecule has 144 valence electrons. The van der Waals surface area contributed by atoms with Gasteiger partial charge in [-0.15, -0.1) is 11.3 Å². The fourth-order valence-electron chi connectivity index (χ4n) is 4.05. The number of thiophene rings is 1. The van der Waals surface area contributed by atoms with Gasteiger partial charge >= 0.3 is 6.03 Å². The van der Waals surface area contributed by atoms with Crippen LogP contribution in [0.2, 0.25) is 0 Å². The number of likely N-dealkylation sites (tertiary alicyclic amines) is 1. The van der Waals surface area contributed by atoms with E-state index in [0.717, 1.165) is 50.3 Å². The van der Waals surface area contributed by atoms with E-state index in [4.69, 9.17) is 4.74 Å². The highest BCUT2D eigenvalue weighted by Gasteiger charge is 2.29. The molecule has 0 saturated carbocycles. The number of benzene rings is 1. The summed E-state index contributed by atoms with van der Waals surface area (Å²) in [6.07, 6.45) is 3.31. The Balaban J connectivity index is 1.23. The largest absolute Gasteiger partial charge is 0.497 e. The first-order valence-corrected chi connectivity index (χ1v) is 10.6. The summed E-state index contributed by atoms with van der Waals surface area (Å²) in [6.45, 7) is 4.46. The molecule has 0 bridgehead atoms. The predicted molar refractivity (Wildman–Crippen MR) is 108 cm³/mol. The quantitative estimate of drug-likeness (QED) is 0.876. The van der Waals surface area contributed by atoms with Crippen molar-refractivity contribution in [2.24, 2.45) is 0 Å². The van der Waals surface area contributed by atoms with Crippen LogP contribution in [0.15, 0.2) is 35.7 Å². The zero-order chi connectivity index (χ0) is 18.6. The predicted octanol–water partition coefficient (Wildman–Crippen LogP) is 3.49. The standard InChI is InChI=1S/C21H27N3O2S/c1-26-19-4-2-16(3-5-19)14-22-21(25)23-10-6-18(7-11-23)24-12-8-20-17(15-24)9-13-27-20/h2-5,9,13,18H,6-8,10-12,14-15H2,1H3,(H,22,25). The maximum atomic E-state index is 12.5. The number of carbonyl (C=O) groups excluding carboxylic acids is 1. The Morgan fingerprint density at radius 3 is 2.70 bits per heavy atom. The Labute approximate surface area is 164 Å². The number of piperidine rings is 1. The molecule has 1 aromatic heterocycles. The van der Waals surface area contributed by atoms with Crippen molar-refractivity contribution in [1.82, 2.24) is 15.1 Å². The molecule has 2 aliphatic heterocycles. The molecule has 27 heavy (non-hydrogen) atoms. The van der Waals surface area contributed by atoms with Crippen molar-refractivity contribution in [2.45, 2.75) is 38.4 Å². The van der Waals surface area contributed by atoms with Crippen molar-refractivity contribution in [1.29, 1.82) is 0 Å². The van der Waals surface area contributed by atoms with E-state index in [1.54, 1.807) is 12.0 Å². The highest BCUT2D eigenvalue weighted by atomic mass is 32.1. The first kappa shape index (κ1) is 18.3. The summed E-state index contributed by atoms with van der Waals surface area (Å²) in [4.78, 5) is 18.6. The van der Waals surface area contributed by atoms with E-state index < -0.39 is 0 Å². The van der Waals surface area contributed by atoms with Gasteiger partial charge in [-0.05, 0) is 54.0 Å². The van der Waals surface area contributed by atoms with E-state index in [9.17, 15) is 4.79 Å². The van der Waals surface area contributed by atoms with Crippen LogP contribution >= 0.6 is 11.3 Å². The number of rotatable bonds is 4. The van der Waals surface area contributed by atoms with Gasteiger partial charge in [0.1, 0.15) is 5.75 Å². The minimum atomic E-state index is 0.0445. The van der Waals surface area contributed by atoms with Crippen LogP contribution in [-0.2, 0) is 19.5 Å². The number of fused-ring (bicyclic) bond motifs is 1. The Hall–Kier alpha value is -2.05. The second-order valence-electron chi connectivity index (χ2n) is 7.31. The number of ether oxygens (including phenoxy) is 1. The van der Waals surface area contributed by atoms with Gasteiger partial charge in [-0.1, -0.05) is 12.1 Å². The van der Waals surface area contributed by atoms with Crippen molar-refractivity contribution in [3.05, 3.63) is 51.7 Å². The van der Waals surface area contributed by atoms with E-state index in [2.05, 4.69) is 21.7 Å². The van der Waals surface area contributed by atoms with Crippen LogP contribution in [0, 0.1) is 0 Å². The van der Waals surface area contributed by atoms with Crippen LogP contribution in [0.4, 0.5) is 4.79 Å². The van der Waals surface area contributed by atoms with Gasteiger partial charge in [-0.2, -0.15) is 0 Å². The van der Waals surface area contributed by atoms with Crippen LogP contribution in [0.25, 0.3) is 0 Å². The van der Waals surface area contributed by atoms with Crippen molar-refractivity contribution in [3.63, 3.8) is 0 Å². The minimum absolute atomic E-state index is 0.0445. The molecule has 0 unspecified atom stereocenters. The molecule has 3 heterocycles. The molecule has 2 aliphatic rings. The molecule has 1 aromatic carbocycles. The highest BCUT2D eigenvalue weighted by molar-refractivity contribution is 7.10. The zero-order valence-electron chi connectivity index (χ0n) is 15.8. The van der Waals surface area contributed by atoms with Crippen LogP contribution in [0.1, 0.15) is 28.8 Å². The maximum Gasteiger partial charge on any atom is 0.317 e. The number of urea groups is 1. The summed E-state index contributed by atoms with van der Waals surface area (Å²) in [5.41, 5.74) is 2.59. The molecule has 0 aliphatic carbocycles. The molecule has 5 nitrogen and oxygen atoms in total. The molecule has 1 saturated heterocycles. The third kappa shape index (κ3) is 4.28. The number of nitrogens with one attached hydrogen (secondary N) is 1. The third-order valence-electron chi connectivity index (χ3n) is 5.71. The second kappa shape index (κ2) is 8.31. The lowest BCUT2D eigenvalue weighted by Gasteiger charge is -2.40. The third-order valence-corrected chi connectivity index (χ3v) is 6.73. The van der Waals surface area contributed by atoms with E-state index >= 15 is 0 Å². The summed E-state index contributed by atoms with van der Waals surface area (Å²) in [5, 5.41) is 5.26. The van der Waals surface area contributed by atoms with Gasteiger partial charge in [-0.3, -0.25) is 4.90 Å². The van der Waals surface area contributed by atoms with Gasteiger partial charge in [0.2, 0.25) is 0 Å². The number of hydrogen-bond acceptors (Lipinski definition) is 4. The van der Waals surface area contributed by atoms with Crippen molar-refractivity contribution in [3.8, 4) is 5.75 Å². The van der Waals surface area contributed by atoms with E-state index in [-0.39, 0.29) is 6.03 Å². The SMILES string of the molecule is COc1ccc(CNC(=O)N2CCC(N3CCc4sccc4C3)CC2)cc1. The van der Waals surface area contributed by atoms with Gasteiger partial charge in [0.15, 0.2) is 0 Å². The fourth-order valence-corrected chi connectivity index (χ4v) is 4.94. The molecule has 2 amide bonds. The number of nitrogens with zero attached hydrogens (tertiary/aromatic N) is 2. The van der Waals surface area contributed by atoms with Gasteiger partial charge in [0.25, 0.3) is 0 Å². The Kier molecular flexibility index (Phi) is 5.64. The average molecular weight is 386 g/mol. The molecule has 1 fully saturated rings. The Morgan fingerprint density at radius 1 is 1.19 bits per heavy atom. The number of methoxy groups -OCH3 is 1. The highest BCUT2D eigenvalue weighted by Crippen LogP contribution is 2.28. The van der Waals surface area contributed by atoms with Gasteiger partial charge in [0.05, 0.1) is 7.11 Å². The number of hydrogen-bond donors (Lipinski definition) is 1. The summed E-state index contributed by atoms with van der Waals surface area (Å²) in [7, 11) is 1.66. The van der Waals surface area contributed by atoms with Gasteiger partial charge < -0.3 is 15.0 Å². The molecule has 2 aromatic rings. The first-order valence-electron chi connectivity index (χ1n) is 9.68. The van der Waals surface area contributed by atoms with Crippen molar-refractivity contribution >= 4 is 17.4 Å². The summed E-state index contributed by atoms with van der Waals surface area (Å²) in [6, 6.07) is 10.7. The molecule has 0 radical (unpaired) electrons. The lowest BCUT2D eigenvalue weighted by Crippen LogP contribution is -2.50. The van der Waals surface area contributed by atoms with Crippen molar-refractivity contribution < 1.29 is 9.53 Å². The molecular weight excluding hydrogens is 358 g/mol. The lowest BCUT2D eigenvalue weighted by atomic mass is 10.00. The second-order valence-corrected chi connectivity index (χ2v) is 8.32. The Bertz CT molecular complexity index is 766. The summed E-state index contributed by atoms with van der Waals surface area (Å²) in [5.74, 6) is 0.833. The average Bonchev–Trinajstić information content (AvgIpc) is 3.20. The smallest absolute Gasteiger partial charge is 0.317 e. The van der Waals surface area contributed by atoms with Gasteiger partial charge in [-0.25, -0.2) is 4.79 Å². The van der Waals surface area contributed by atoms with Gasteiger partial charge in [0, 0.05) is 43.6 Å². The molecule has 6 heteroatoms. The van der Waals surface area contributed by atoms with E-state index in [1.807, 2.05) is 40.5 Å².